The van der Waals surface area contributed by atoms with Crippen LogP contribution in [0.5, 0.6) is 0 Å². The van der Waals surface area contributed by atoms with Gasteiger partial charge >= 0.3 is 39.5 Å². The maximum Gasteiger partial charge on any atom is 0.472 e. The van der Waals surface area contributed by atoms with Gasteiger partial charge in [-0.05, 0) is 43.4 Å². The van der Waals surface area contributed by atoms with E-state index < -0.39 is 97.5 Å². The molecule has 0 aliphatic rings. The van der Waals surface area contributed by atoms with Crippen LogP contribution in [0.2, 0.25) is 0 Å². The lowest BCUT2D eigenvalue weighted by Crippen LogP contribution is -2.30. The van der Waals surface area contributed by atoms with Gasteiger partial charge in [-0.3, -0.25) is 37.3 Å². The second-order valence-corrected chi connectivity index (χ2v) is 32.9. The second kappa shape index (κ2) is 70.4. The topological polar surface area (TPSA) is 237 Å². The number of unbranched alkanes of at least 4 members (excludes halogenated alkanes) is 45. The summed E-state index contributed by atoms with van der Waals surface area (Å²) in [4.78, 5) is 72.9. The summed E-state index contributed by atoms with van der Waals surface area (Å²) < 4.78 is 68.6. The van der Waals surface area contributed by atoms with E-state index in [2.05, 4.69) is 48.5 Å². The summed E-state index contributed by atoms with van der Waals surface area (Å²) in [7, 11) is -9.92. The molecule has 0 bridgehead atoms. The zero-order valence-corrected chi connectivity index (χ0v) is 66.8. The van der Waals surface area contributed by atoms with Gasteiger partial charge in [-0.2, -0.15) is 0 Å². The van der Waals surface area contributed by atoms with Crippen molar-refractivity contribution in [1.29, 1.82) is 0 Å². The number of phosphoric ester groups is 2. The molecule has 0 fully saturated rings. The van der Waals surface area contributed by atoms with Crippen LogP contribution in [0.15, 0.2) is 0 Å². The average Bonchev–Trinajstić information content (AvgIpc) is 1.38. The van der Waals surface area contributed by atoms with Crippen LogP contribution in [0.3, 0.4) is 0 Å². The van der Waals surface area contributed by atoms with Crippen LogP contribution < -0.4 is 0 Å². The third kappa shape index (κ3) is 72.8. The third-order valence-electron chi connectivity index (χ3n) is 19.0. The van der Waals surface area contributed by atoms with E-state index in [-0.39, 0.29) is 25.7 Å². The van der Waals surface area contributed by atoms with Gasteiger partial charge in [0.15, 0.2) is 12.2 Å². The number of aliphatic hydroxyl groups is 1. The lowest BCUT2D eigenvalue weighted by molar-refractivity contribution is -0.161. The summed E-state index contributed by atoms with van der Waals surface area (Å²) in [6.07, 6.45) is 58.4. The summed E-state index contributed by atoms with van der Waals surface area (Å²) in [5.74, 6) is 0.173. The number of hydrogen-bond donors (Lipinski definition) is 3. The van der Waals surface area contributed by atoms with E-state index in [0.717, 1.165) is 114 Å². The molecule has 0 saturated carbocycles. The molecule has 588 valence electrons. The van der Waals surface area contributed by atoms with E-state index in [1.165, 1.54) is 218 Å². The maximum atomic E-state index is 13.1. The van der Waals surface area contributed by atoms with Gasteiger partial charge in [-0.15, -0.1) is 0 Å². The van der Waals surface area contributed by atoms with Crippen LogP contribution in [0.1, 0.15) is 414 Å². The van der Waals surface area contributed by atoms with Gasteiger partial charge in [0.2, 0.25) is 0 Å². The summed E-state index contributed by atoms with van der Waals surface area (Å²) in [5.41, 5.74) is 0. The van der Waals surface area contributed by atoms with Crippen molar-refractivity contribution in [1.82, 2.24) is 0 Å². The van der Waals surface area contributed by atoms with E-state index in [0.29, 0.717) is 25.7 Å². The molecular weight excluding hydrogens is 1290 g/mol. The molecule has 3 N–H and O–H groups in total. The Hall–Kier alpha value is -1.94. The van der Waals surface area contributed by atoms with Crippen LogP contribution in [-0.2, 0) is 65.4 Å². The Morgan fingerprint density at radius 1 is 0.293 bits per heavy atom. The van der Waals surface area contributed by atoms with Crippen molar-refractivity contribution in [3.8, 4) is 0 Å². The van der Waals surface area contributed by atoms with Crippen LogP contribution in [0.25, 0.3) is 0 Å². The molecule has 0 aromatic rings. The van der Waals surface area contributed by atoms with E-state index >= 15 is 0 Å². The van der Waals surface area contributed by atoms with Crippen molar-refractivity contribution >= 4 is 39.5 Å². The van der Waals surface area contributed by atoms with E-state index in [4.69, 9.17) is 37.0 Å². The Morgan fingerprint density at radius 3 is 0.768 bits per heavy atom. The highest BCUT2D eigenvalue weighted by Gasteiger charge is 2.30. The third-order valence-corrected chi connectivity index (χ3v) is 20.9. The number of rotatable bonds is 78. The quantitative estimate of drug-likeness (QED) is 0.0222. The van der Waals surface area contributed by atoms with Gasteiger partial charge in [0, 0.05) is 25.7 Å². The van der Waals surface area contributed by atoms with Gasteiger partial charge in [0.05, 0.1) is 26.4 Å². The molecule has 0 rings (SSSR count). The predicted octanol–water partition coefficient (Wildman–Crippen LogP) is 23.7. The minimum absolute atomic E-state index is 0.104. The average molecular weight is 1450 g/mol. The molecule has 19 heteroatoms. The Kier molecular flexibility index (Phi) is 69.0. The minimum Gasteiger partial charge on any atom is -0.462 e. The molecule has 0 saturated heterocycles. The number of esters is 4. The molecule has 0 radical (unpaired) electrons. The largest absolute Gasteiger partial charge is 0.472 e. The smallest absolute Gasteiger partial charge is 0.462 e. The minimum atomic E-state index is -4.96. The predicted molar refractivity (Wildman–Crippen MR) is 405 cm³/mol. The van der Waals surface area contributed by atoms with Crippen molar-refractivity contribution in [2.75, 3.05) is 39.6 Å². The van der Waals surface area contributed by atoms with Gasteiger partial charge in [-0.25, -0.2) is 9.13 Å². The molecule has 0 aromatic heterocycles. The summed E-state index contributed by atoms with van der Waals surface area (Å²) in [6.45, 7) is 11.9. The van der Waals surface area contributed by atoms with E-state index in [1.807, 2.05) is 0 Å². The molecular formula is C80H156O17P2. The number of phosphoric acid groups is 2. The van der Waals surface area contributed by atoms with Crippen molar-refractivity contribution in [2.24, 2.45) is 17.8 Å². The lowest BCUT2D eigenvalue weighted by Gasteiger charge is -2.21. The molecule has 0 spiro atoms. The fourth-order valence-electron chi connectivity index (χ4n) is 12.3. The molecule has 3 unspecified atom stereocenters. The SMILES string of the molecule is CCCCCCCCCCCCCCCCCCC(=O)OC[C@H](COP(=O)(O)OC[C@@H](O)COP(=O)(O)OC[C@@H](COC(=O)CCCCCCCCC(C)CC)OC(=O)CCCCCCCCCCCC(C)C)OC(=O)CCCCCCCCCCCCCCCCCCCCC(C)C. The highest BCUT2D eigenvalue weighted by Crippen LogP contribution is 2.45. The maximum absolute atomic E-state index is 13.1. The molecule has 0 aliphatic heterocycles. The van der Waals surface area contributed by atoms with Gasteiger partial charge in [0.25, 0.3) is 0 Å². The molecule has 0 amide bonds. The Labute approximate surface area is 607 Å². The first-order valence-corrected chi connectivity index (χ1v) is 44.4. The number of ether oxygens (including phenoxy) is 4. The Balaban J connectivity index is 5.22. The Bertz CT molecular complexity index is 1920. The van der Waals surface area contributed by atoms with E-state index in [9.17, 15) is 43.2 Å². The van der Waals surface area contributed by atoms with Gasteiger partial charge < -0.3 is 33.8 Å². The fourth-order valence-corrected chi connectivity index (χ4v) is 13.9. The normalized spacial score (nSPS) is 14.3. The molecule has 17 nitrogen and oxygen atoms in total. The zero-order valence-electron chi connectivity index (χ0n) is 65.0. The molecule has 0 heterocycles. The summed E-state index contributed by atoms with van der Waals surface area (Å²) in [5, 5.41) is 10.6. The summed E-state index contributed by atoms with van der Waals surface area (Å²) in [6, 6.07) is 0. The Morgan fingerprint density at radius 2 is 0.515 bits per heavy atom. The first-order valence-electron chi connectivity index (χ1n) is 41.4. The first-order chi connectivity index (χ1) is 47.8. The molecule has 0 aliphatic carbocycles. The first kappa shape index (κ1) is 97.1. The van der Waals surface area contributed by atoms with Crippen molar-refractivity contribution < 1.29 is 80.2 Å². The lowest BCUT2D eigenvalue weighted by atomic mass is 10.00. The summed E-state index contributed by atoms with van der Waals surface area (Å²) >= 11 is 0. The highest BCUT2D eigenvalue weighted by molar-refractivity contribution is 7.47. The van der Waals surface area contributed by atoms with Crippen LogP contribution in [0, 0.1) is 17.8 Å². The molecule has 6 atom stereocenters. The number of aliphatic hydroxyl groups excluding tert-OH is 1. The zero-order chi connectivity index (χ0) is 73.0. The van der Waals surface area contributed by atoms with Gasteiger partial charge in [0.1, 0.15) is 19.3 Å². The standard InChI is InChI=1S/C80H156O17P2/c1-8-10-11-12-13-14-15-16-17-23-26-29-34-39-47-54-61-77(82)90-67-75(96-79(84)63-56-49-40-35-30-27-24-21-19-18-20-22-25-28-32-37-44-51-58-71(3)4)69-94-98(86,87)92-65-74(81)66-93-99(88,89)95-70-76(68-91-78(83)62-55-48-43-42-46-53-60-73(7)9-2)97-80(85)64-57-50-41-36-31-33-38-45-52-59-72(5)6/h71-76,81H,8-70H2,1-7H3,(H,86,87)(H,88,89)/t73?,74-,75-,76-/m1/s1. The van der Waals surface area contributed by atoms with Crippen LogP contribution >= 0.6 is 15.6 Å². The van der Waals surface area contributed by atoms with Crippen molar-refractivity contribution in [3.63, 3.8) is 0 Å². The van der Waals surface area contributed by atoms with Gasteiger partial charge in [-0.1, -0.05) is 363 Å². The number of carbonyl (C=O) groups excluding carboxylic acids is 4. The molecule has 0 aromatic carbocycles. The monoisotopic (exact) mass is 1450 g/mol. The second-order valence-electron chi connectivity index (χ2n) is 30.0. The fraction of sp³-hybridized carbons (Fsp3) is 0.950. The molecule has 99 heavy (non-hydrogen) atoms. The number of carbonyl (C=O) groups is 4. The van der Waals surface area contributed by atoms with Crippen molar-refractivity contribution in [3.05, 3.63) is 0 Å². The highest BCUT2D eigenvalue weighted by atomic mass is 31.2. The van der Waals surface area contributed by atoms with Crippen LogP contribution in [-0.4, -0.2) is 96.7 Å². The van der Waals surface area contributed by atoms with E-state index in [1.54, 1.807) is 0 Å². The number of hydrogen-bond acceptors (Lipinski definition) is 15. The van der Waals surface area contributed by atoms with Crippen molar-refractivity contribution in [2.45, 2.75) is 433 Å². The van der Waals surface area contributed by atoms with Crippen LogP contribution in [0.4, 0.5) is 0 Å².